The summed E-state index contributed by atoms with van der Waals surface area (Å²) in [6, 6.07) is 0. The monoisotopic (exact) mass is 210 g/mol. The van der Waals surface area contributed by atoms with E-state index in [1.165, 1.54) is 12.2 Å². The van der Waals surface area contributed by atoms with Gasteiger partial charge < -0.3 is 9.84 Å². The van der Waals surface area contributed by atoms with Gasteiger partial charge in [-0.25, -0.2) is 0 Å². The second kappa shape index (κ2) is 3.72. The first-order chi connectivity index (χ1) is 7.04. The lowest BCUT2D eigenvalue weighted by Gasteiger charge is -2.39. The van der Waals surface area contributed by atoms with E-state index < -0.39 is 11.4 Å². The van der Waals surface area contributed by atoms with Crippen molar-refractivity contribution in [2.24, 2.45) is 0 Å². The van der Waals surface area contributed by atoms with Gasteiger partial charge in [0.2, 0.25) is 0 Å². The lowest BCUT2D eigenvalue weighted by molar-refractivity contribution is -0.231. The number of hydrogen-bond acceptors (Lipinski definition) is 3. The summed E-state index contributed by atoms with van der Waals surface area (Å²) < 4.78 is 5.61. The molecule has 3 heteroatoms. The first-order valence-electron chi connectivity index (χ1n) is 5.70. The summed E-state index contributed by atoms with van der Waals surface area (Å²) in [5.41, 5.74) is -0.741. The van der Waals surface area contributed by atoms with Crippen molar-refractivity contribution >= 4 is 5.78 Å². The van der Waals surface area contributed by atoms with E-state index >= 15 is 0 Å². The normalized spacial score (nSPS) is 35.5. The van der Waals surface area contributed by atoms with Gasteiger partial charge >= 0.3 is 0 Å². The van der Waals surface area contributed by atoms with Crippen LogP contribution in [0.1, 0.15) is 45.4 Å². The SMILES string of the molecule is CC1(O)C=CC(=O)C2(CCCCCC2)O1. The molecule has 1 aliphatic heterocycles. The summed E-state index contributed by atoms with van der Waals surface area (Å²) in [6.07, 6.45) is 8.73. The van der Waals surface area contributed by atoms with Crippen LogP contribution < -0.4 is 0 Å². The Morgan fingerprint density at radius 2 is 1.87 bits per heavy atom. The van der Waals surface area contributed by atoms with Crippen LogP contribution in [-0.4, -0.2) is 22.3 Å². The van der Waals surface area contributed by atoms with Gasteiger partial charge in [-0.15, -0.1) is 0 Å². The van der Waals surface area contributed by atoms with Gasteiger partial charge in [-0.1, -0.05) is 25.7 Å². The summed E-state index contributed by atoms with van der Waals surface area (Å²) in [7, 11) is 0. The predicted octanol–water partition coefficient (Wildman–Crippen LogP) is 1.94. The van der Waals surface area contributed by atoms with E-state index in [4.69, 9.17) is 4.74 Å². The van der Waals surface area contributed by atoms with Crippen molar-refractivity contribution in [1.29, 1.82) is 0 Å². The lowest BCUT2D eigenvalue weighted by Crippen LogP contribution is -2.50. The molecule has 1 aliphatic carbocycles. The molecule has 2 rings (SSSR count). The van der Waals surface area contributed by atoms with Crippen molar-refractivity contribution in [3.05, 3.63) is 12.2 Å². The Bertz CT molecular complexity index is 283. The molecular weight excluding hydrogens is 192 g/mol. The van der Waals surface area contributed by atoms with Crippen molar-refractivity contribution in [3.63, 3.8) is 0 Å². The molecule has 1 fully saturated rings. The van der Waals surface area contributed by atoms with Gasteiger partial charge in [0, 0.05) is 0 Å². The van der Waals surface area contributed by atoms with Crippen LogP contribution in [0, 0.1) is 0 Å². The molecular formula is C12H18O3. The second-order valence-electron chi connectivity index (χ2n) is 4.76. The minimum atomic E-state index is -1.28. The Hall–Kier alpha value is -0.670. The van der Waals surface area contributed by atoms with Crippen LogP contribution in [0.5, 0.6) is 0 Å². The third-order valence-electron chi connectivity index (χ3n) is 3.31. The van der Waals surface area contributed by atoms with Gasteiger partial charge in [0.15, 0.2) is 11.6 Å². The summed E-state index contributed by atoms with van der Waals surface area (Å²) in [4.78, 5) is 11.9. The highest BCUT2D eigenvalue weighted by atomic mass is 16.6. The number of carbonyl (C=O) groups is 1. The molecule has 84 valence electrons. The van der Waals surface area contributed by atoms with Crippen molar-refractivity contribution in [2.45, 2.75) is 56.8 Å². The third-order valence-corrected chi connectivity index (χ3v) is 3.31. The van der Waals surface area contributed by atoms with Gasteiger partial charge in [-0.05, 0) is 31.9 Å². The fraction of sp³-hybridized carbons (Fsp3) is 0.750. The molecule has 0 amide bonds. The standard InChI is InChI=1S/C12H18O3/c1-11(14)9-6-10(13)12(15-11)7-4-2-3-5-8-12/h6,9,14H,2-5,7-8H2,1H3. The van der Waals surface area contributed by atoms with E-state index in [1.807, 2.05) is 0 Å². The van der Waals surface area contributed by atoms with Crippen molar-refractivity contribution in [3.8, 4) is 0 Å². The molecule has 1 N–H and O–H groups in total. The average Bonchev–Trinajstić information content (AvgIpc) is 2.38. The van der Waals surface area contributed by atoms with E-state index in [0.29, 0.717) is 0 Å². The Morgan fingerprint density at radius 1 is 1.27 bits per heavy atom. The quantitative estimate of drug-likeness (QED) is 0.664. The van der Waals surface area contributed by atoms with Crippen LogP contribution in [0.15, 0.2) is 12.2 Å². The first-order valence-corrected chi connectivity index (χ1v) is 5.70. The molecule has 0 bridgehead atoms. The van der Waals surface area contributed by atoms with Crippen molar-refractivity contribution in [1.82, 2.24) is 0 Å². The van der Waals surface area contributed by atoms with Gasteiger partial charge in [0.05, 0.1) is 0 Å². The zero-order valence-corrected chi connectivity index (χ0v) is 9.16. The van der Waals surface area contributed by atoms with Crippen LogP contribution >= 0.6 is 0 Å². The number of aliphatic hydroxyl groups is 1. The van der Waals surface area contributed by atoms with Crippen molar-refractivity contribution in [2.75, 3.05) is 0 Å². The summed E-state index contributed by atoms with van der Waals surface area (Å²) in [5, 5.41) is 9.84. The topological polar surface area (TPSA) is 46.5 Å². The molecule has 1 heterocycles. The molecule has 15 heavy (non-hydrogen) atoms. The highest BCUT2D eigenvalue weighted by Gasteiger charge is 2.45. The maximum atomic E-state index is 11.9. The molecule has 0 aromatic rings. The molecule has 1 atom stereocenters. The minimum Gasteiger partial charge on any atom is -0.362 e. The van der Waals surface area contributed by atoms with Gasteiger partial charge in [-0.3, -0.25) is 4.79 Å². The Balaban J connectivity index is 2.25. The highest BCUT2D eigenvalue weighted by Crippen LogP contribution is 2.37. The van der Waals surface area contributed by atoms with Gasteiger partial charge in [0.1, 0.15) is 5.60 Å². The minimum absolute atomic E-state index is 0.0240. The number of rotatable bonds is 0. The maximum absolute atomic E-state index is 11.9. The number of ketones is 1. The number of hydrogen-bond donors (Lipinski definition) is 1. The van der Waals surface area contributed by atoms with E-state index in [2.05, 4.69) is 0 Å². The predicted molar refractivity (Wildman–Crippen MR) is 56.3 cm³/mol. The Labute approximate surface area is 90.1 Å². The van der Waals surface area contributed by atoms with Gasteiger partial charge in [-0.2, -0.15) is 0 Å². The molecule has 2 aliphatic rings. The first kappa shape index (κ1) is 10.8. The van der Waals surface area contributed by atoms with E-state index in [-0.39, 0.29) is 5.78 Å². The molecule has 0 aromatic heterocycles. The fourth-order valence-electron chi connectivity index (χ4n) is 2.51. The molecule has 1 spiro atoms. The van der Waals surface area contributed by atoms with E-state index in [1.54, 1.807) is 6.92 Å². The van der Waals surface area contributed by atoms with Crippen LogP contribution in [-0.2, 0) is 9.53 Å². The second-order valence-corrected chi connectivity index (χ2v) is 4.76. The van der Waals surface area contributed by atoms with Crippen LogP contribution in [0.3, 0.4) is 0 Å². The van der Waals surface area contributed by atoms with Crippen LogP contribution in [0.4, 0.5) is 0 Å². The van der Waals surface area contributed by atoms with E-state index in [0.717, 1.165) is 38.5 Å². The summed E-state index contributed by atoms with van der Waals surface area (Å²) in [5.74, 6) is -1.26. The van der Waals surface area contributed by atoms with Crippen LogP contribution in [0.2, 0.25) is 0 Å². The molecule has 0 saturated heterocycles. The van der Waals surface area contributed by atoms with E-state index in [9.17, 15) is 9.90 Å². The maximum Gasteiger partial charge on any atom is 0.187 e. The van der Waals surface area contributed by atoms with Gasteiger partial charge in [0.25, 0.3) is 0 Å². The Morgan fingerprint density at radius 3 is 2.47 bits per heavy atom. The fourth-order valence-corrected chi connectivity index (χ4v) is 2.51. The number of ether oxygens (including phenoxy) is 1. The average molecular weight is 210 g/mol. The number of carbonyl (C=O) groups excluding carboxylic acids is 1. The smallest absolute Gasteiger partial charge is 0.187 e. The Kier molecular flexibility index (Phi) is 2.69. The zero-order chi connectivity index (χ0) is 10.9. The summed E-state index contributed by atoms with van der Waals surface area (Å²) in [6.45, 7) is 1.59. The van der Waals surface area contributed by atoms with Crippen LogP contribution in [0.25, 0.3) is 0 Å². The summed E-state index contributed by atoms with van der Waals surface area (Å²) >= 11 is 0. The zero-order valence-electron chi connectivity index (χ0n) is 9.16. The third kappa shape index (κ3) is 2.13. The van der Waals surface area contributed by atoms with Crippen molar-refractivity contribution < 1.29 is 14.6 Å². The highest BCUT2D eigenvalue weighted by molar-refractivity contribution is 5.97. The lowest BCUT2D eigenvalue weighted by atomic mass is 9.86. The molecule has 0 radical (unpaired) electrons. The largest absolute Gasteiger partial charge is 0.362 e. The molecule has 1 unspecified atom stereocenters. The molecule has 3 nitrogen and oxygen atoms in total. The molecule has 0 aromatic carbocycles. The molecule has 1 saturated carbocycles.